The van der Waals surface area contributed by atoms with Crippen LogP contribution in [0.25, 0.3) is 0 Å². The first-order valence-electron chi connectivity index (χ1n) is 10.0. The highest BCUT2D eigenvalue weighted by molar-refractivity contribution is 5.93. The molecule has 2 aromatic heterocycles. The molecule has 2 amide bonds. The molecule has 0 bridgehead atoms. The van der Waals surface area contributed by atoms with Gasteiger partial charge in [-0.2, -0.15) is 0 Å². The Kier molecular flexibility index (Phi) is 5.17. The number of pyridine rings is 1. The fraction of sp³-hybridized carbons (Fsp3) is 0.476. The zero-order chi connectivity index (χ0) is 20.4. The molecule has 1 spiro atoms. The average molecular weight is 394 g/mol. The summed E-state index contributed by atoms with van der Waals surface area (Å²) < 4.78 is 0. The predicted octanol–water partition coefficient (Wildman–Crippen LogP) is 1.69. The van der Waals surface area contributed by atoms with Gasteiger partial charge in [0.05, 0.1) is 24.1 Å². The van der Waals surface area contributed by atoms with E-state index in [9.17, 15) is 9.59 Å². The Labute approximate surface area is 170 Å². The van der Waals surface area contributed by atoms with Gasteiger partial charge in [-0.25, -0.2) is 4.98 Å². The van der Waals surface area contributed by atoms with E-state index < -0.39 is 5.91 Å². The zero-order valence-corrected chi connectivity index (χ0v) is 16.7. The molecule has 29 heavy (non-hydrogen) atoms. The Balaban J connectivity index is 1.51. The summed E-state index contributed by atoms with van der Waals surface area (Å²) in [6, 6.07) is 3.39. The van der Waals surface area contributed by atoms with Gasteiger partial charge in [0.1, 0.15) is 5.82 Å². The highest BCUT2D eigenvalue weighted by Crippen LogP contribution is 2.40. The predicted molar refractivity (Wildman–Crippen MR) is 108 cm³/mol. The summed E-state index contributed by atoms with van der Waals surface area (Å²) in [5.41, 5.74) is 7.59. The van der Waals surface area contributed by atoms with Crippen molar-refractivity contribution in [3.8, 4) is 0 Å². The lowest BCUT2D eigenvalue weighted by Gasteiger charge is -2.48. The quantitative estimate of drug-likeness (QED) is 0.846. The first-order valence-corrected chi connectivity index (χ1v) is 10.0. The number of hydrogen-bond acceptors (Lipinski definition) is 6. The SMILES string of the molecule is Cc1cnc(CN2C[C@]3(CCCN(c4cc(C(N)=O)ccn4)C3)CCC2=O)cn1. The van der Waals surface area contributed by atoms with Crippen LogP contribution in [0.1, 0.15) is 47.4 Å². The number of nitrogens with zero attached hydrogens (tertiary/aromatic N) is 5. The van der Waals surface area contributed by atoms with Gasteiger partial charge >= 0.3 is 0 Å². The molecule has 152 valence electrons. The summed E-state index contributed by atoms with van der Waals surface area (Å²) in [5.74, 6) is 0.492. The number of aromatic nitrogens is 3. The molecule has 0 aromatic carbocycles. The number of nitrogens with two attached hydrogens (primary N) is 1. The van der Waals surface area contributed by atoms with E-state index in [0.29, 0.717) is 25.1 Å². The molecule has 8 nitrogen and oxygen atoms in total. The van der Waals surface area contributed by atoms with Crippen LogP contribution in [0.5, 0.6) is 0 Å². The van der Waals surface area contributed by atoms with Gasteiger partial charge < -0.3 is 15.5 Å². The largest absolute Gasteiger partial charge is 0.366 e. The standard InChI is InChI=1S/C21H26N6O2/c1-15-10-25-17(11-24-15)12-27-14-21(6-3-19(27)28)5-2-8-26(13-21)18-9-16(20(22)29)4-7-23-18/h4,7,9-11H,2-3,5-6,8,12-14H2,1H3,(H2,22,29)/t21-/m1/s1. The third kappa shape index (κ3) is 4.21. The molecule has 2 aliphatic heterocycles. The number of primary amides is 1. The van der Waals surface area contributed by atoms with Crippen LogP contribution >= 0.6 is 0 Å². The minimum absolute atomic E-state index is 0.0225. The Bertz CT molecular complexity index is 916. The molecular weight excluding hydrogens is 368 g/mol. The number of carbonyl (C=O) groups excluding carboxylic acids is 2. The van der Waals surface area contributed by atoms with Crippen LogP contribution < -0.4 is 10.6 Å². The number of carbonyl (C=O) groups is 2. The second-order valence-corrected chi connectivity index (χ2v) is 8.19. The van der Waals surface area contributed by atoms with Crippen molar-refractivity contribution in [2.24, 2.45) is 11.1 Å². The van der Waals surface area contributed by atoms with Gasteiger partial charge in [-0.05, 0) is 38.3 Å². The van der Waals surface area contributed by atoms with Crippen LogP contribution in [0.4, 0.5) is 5.82 Å². The molecule has 2 fully saturated rings. The van der Waals surface area contributed by atoms with Crippen molar-refractivity contribution in [2.45, 2.75) is 39.2 Å². The third-order valence-corrected chi connectivity index (χ3v) is 5.95. The second kappa shape index (κ2) is 7.77. The van der Waals surface area contributed by atoms with Crippen molar-refractivity contribution in [2.75, 3.05) is 24.5 Å². The van der Waals surface area contributed by atoms with Crippen molar-refractivity contribution >= 4 is 17.6 Å². The Morgan fingerprint density at radius 3 is 2.83 bits per heavy atom. The molecule has 2 aromatic rings. The molecule has 2 aliphatic rings. The van der Waals surface area contributed by atoms with E-state index in [2.05, 4.69) is 19.9 Å². The molecule has 0 saturated carbocycles. The van der Waals surface area contributed by atoms with Gasteiger partial charge in [-0.1, -0.05) is 0 Å². The van der Waals surface area contributed by atoms with Gasteiger partial charge in [-0.15, -0.1) is 0 Å². The molecule has 0 radical (unpaired) electrons. The normalized spacial score (nSPS) is 22.2. The van der Waals surface area contributed by atoms with Gasteiger partial charge in [0, 0.05) is 49.4 Å². The minimum atomic E-state index is -0.450. The van der Waals surface area contributed by atoms with Crippen molar-refractivity contribution in [3.05, 3.63) is 47.7 Å². The zero-order valence-electron chi connectivity index (χ0n) is 16.7. The van der Waals surface area contributed by atoms with E-state index in [1.807, 2.05) is 11.8 Å². The maximum Gasteiger partial charge on any atom is 0.248 e. The number of amides is 2. The summed E-state index contributed by atoms with van der Waals surface area (Å²) >= 11 is 0. The van der Waals surface area contributed by atoms with Crippen LogP contribution in [0.15, 0.2) is 30.7 Å². The van der Waals surface area contributed by atoms with Gasteiger partial charge in [-0.3, -0.25) is 19.6 Å². The summed E-state index contributed by atoms with van der Waals surface area (Å²) in [4.78, 5) is 41.4. The van der Waals surface area contributed by atoms with Crippen LogP contribution in [-0.2, 0) is 11.3 Å². The monoisotopic (exact) mass is 394 g/mol. The summed E-state index contributed by atoms with van der Waals surface area (Å²) in [6.07, 6.45) is 8.62. The molecule has 0 unspecified atom stereocenters. The molecule has 2 N–H and O–H groups in total. The van der Waals surface area contributed by atoms with E-state index in [1.165, 1.54) is 0 Å². The molecule has 8 heteroatoms. The van der Waals surface area contributed by atoms with E-state index in [0.717, 1.165) is 49.6 Å². The molecular formula is C21H26N6O2. The van der Waals surface area contributed by atoms with Crippen LogP contribution in [0, 0.1) is 12.3 Å². The first-order chi connectivity index (χ1) is 13.9. The van der Waals surface area contributed by atoms with E-state index >= 15 is 0 Å². The van der Waals surface area contributed by atoms with Crippen LogP contribution in [0.2, 0.25) is 0 Å². The maximum atomic E-state index is 12.6. The van der Waals surface area contributed by atoms with E-state index in [-0.39, 0.29) is 11.3 Å². The minimum Gasteiger partial charge on any atom is -0.366 e. The highest BCUT2D eigenvalue weighted by atomic mass is 16.2. The van der Waals surface area contributed by atoms with Crippen LogP contribution in [0.3, 0.4) is 0 Å². The fourth-order valence-corrected chi connectivity index (χ4v) is 4.42. The van der Waals surface area contributed by atoms with Crippen molar-refractivity contribution in [3.63, 3.8) is 0 Å². The lowest BCUT2D eigenvalue weighted by Crippen LogP contribution is -2.54. The lowest BCUT2D eigenvalue weighted by atomic mass is 9.73. The van der Waals surface area contributed by atoms with Gasteiger partial charge in [0.25, 0.3) is 0 Å². The fourth-order valence-electron chi connectivity index (χ4n) is 4.42. The second-order valence-electron chi connectivity index (χ2n) is 8.19. The maximum absolute atomic E-state index is 12.6. The number of piperidine rings is 2. The Hall–Kier alpha value is -3.03. The number of likely N-dealkylation sites (tertiary alicyclic amines) is 1. The highest BCUT2D eigenvalue weighted by Gasteiger charge is 2.42. The topological polar surface area (TPSA) is 105 Å². The number of aryl methyl sites for hydroxylation is 1. The van der Waals surface area contributed by atoms with E-state index in [4.69, 9.17) is 5.73 Å². The van der Waals surface area contributed by atoms with Gasteiger partial charge in [0.2, 0.25) is 11.8 Å². The van der Waals surface area contributed by atoms with Crippen LogP contribution in [-0.4, -0.2) is 51.3 Å². The molecule has 4 rings (SSSR count). The molecule has 0 aliphatic carbocycles. The lowest BCUT2D eigenvalue weighted by molar-refractivity contribution is -0.138. The molecule has 2 saturated heterocycles. The summed E-state index contributed by atoms with van der Waals surface area (Å²) in [6.45, 7) is 4.78. The number of anilines is 1. The summed E-state index contributed by atoms with van der Waals surface area (Å²) in [5, 5.41) is 0. The van der Waals surface area contributed by atoms with Crippen molar-refractivity contribution in [1.82, 2.24) is 19.9 Å². The summed E-state index contributed by atoms with van der Waals surface area (Å²) in [7, 11) is 0. The Morgan fingerprint density at radius 2 is 2.07 bits per heavy atom. The van der Waals surface area contributed by atoms with Crippen molar-refractivity contribution in [1.29, 1.82) is 0 Å². The third-order valence-electron chi connectivity index (χ3n) is 5.95. The van der Waals surface area contributed by atoms with Crippen molar-refractivity contribution < 1.29 is 9.59 Å². The average Bonchev–Trinajstić information content (AvgIpc) is 2.73. The molecule has 4 heterocycles. The number of rotatable bonds is 4. The molecule has 1 atom stereocenters. The Morgan fingerprint density at radius 1 is 1.21 bits per heavy atom. The first kappa shape index (κ1) is 19.3. The van der Waals surface area contributed by atoms with E-state index in [1.54, 1.807) is 30.7 Å². The van der Waals surface area contributed by atoms with Gasteiger partial charge in [0.15, 0.2) is 0 Å². The smallest absolute Gasteiger partial charge is 0.248 e. The number of hydrogen-bond donors (Lipinski definition) is 1.